The molecule has 0 radical (unpaired) electrons. The van der Waals surface area contributed by atoms with Crippen LogP contribution in [0.4, 0.5) is 0 Å². The number of rotatable bonds is 7. The molecule has 0 unspecified atom stereocenters. The number of hydrogen-bond acceptors (Lipinski definition) is 5. The lowest BCUT2D eigenvalue weighted by molar-refractivity contribution is -0.147. The zero-order valence-electron chi connectivity index (χ0n) is 11.4. The molecule has 0 spiro atoms. The van der Waals surface area contributed by atoms with Gasteiger partial charge in [0.2, 0.25) is 10.0 Å². The van der Waals surface area contributed by atoms with Crippen molar-refractivity contribution >= 4 is 21.8 Å². The molecule has 0 aliphatic rings. The van der Waals surface area contributed by atoms with Crippen LogP contribution in [0.2, 0.25) is 0 Å². The van der Waals surface area contributed by atoms with Gasteiger partial charge in [0.25, 0.3) is 0 Å². The number of carbonyl (C=O) groups excluding carboxylic acids is 2. The number of Topliss-reactive ketones (excluding diaryl/α,β-unsaturated/α-hetero) is 1. The van der Waals surface area contributed by atoms with Gasteiger partial charge in [0.05, 0.1) is 4.90 Å². The predicted octanol–water partition coefficient (Wildman–Crippen LogP) is 0.659. The maximum Gasteiger partial charge on any atom is 0.306 e. The average Bonchev–Trinajstić information content (AvgIpc) is 2.43. The molecular weight excluding hydrogens is 282 g/mol. The normalized spacial score (nSPS) is 11.1. The number of aryl methyl sites for hydroxylation is 1. The molecule has 0 bridgehead atoms. The predicted molar refractivity (Wildman–Crippen MR) is 72.6 cm³/mol. The third-order valence-electron chi connectivity index (χ3n) is 2.56. The van der Waals surface area contributed by atoms with E-state index in [2.05, 4.69) is 4.72 Å². The Labute approximate surface area is 118 Å². The van der Waals surface area contributed by atoms with Gasteiger partial charge >= 0.3 is 5.97 Å². The molecule has 0 aromatic heterocycles. The van der Waals surface area contributed by atoms with Crippen LogP contribution in [0.15, 0.2) is 29.2 Å². The number of benzene rings is 1. The van der Waals surface area contributed by atoms with Gasteiger partial charge in [-0.2, -0.15) is 0 Å². The van der Waals surface area contributed by atoms with Crippen LogP contribution in [-0.2, 0) is 30.8 Å². The Morgan fingerprint density at radius 1 is 1.20 bits per heavy atom. The summed E-state index contributed by atoms with van der Waals surface area (Å²) in [7, 11) is -2.10. The Bertz CT molecular complexity index is 577. The van der Waals surface area contributed by atoms with E-state index in [0.717, 1.165) is 5.56 Å². The van der Waals surface area contributed by atoms with Gasteiger partial charge in [0.1, 0.15) is 6.61 Å². The molecule has 0 fully saturated rings. The van der Waals surface area contributed by atoms with Crippen LogP contribution in [-0.4, -0.2) is 33.8 Å². The second-order valence-electron chi connectivity index (χ2n) is 4.21. The molecule has 0 amide bonds. The van der Waals surface area contributed by atoms with Crippen molar-refractivity contribution in [2.24, 2.45) is 0 Å². The summed E-state index contributed by atoms with van der Waals surface area (Å²) < 4.78 is 30.0. The Hall–Kier alpha value is -1.73. The van der Waals surface area contributed by atoms with E-state index >= 15 is 0 Å². The number of ketones is 1. The topological polar surface area (TPSA) is 89.5 Å². The van der Waals surface area contributed by atoms with Gasteiger partial charge < -0.3 is 4.74 Å². The minimum atomic E-state index is -3.44. The second-order valence-corrected chi connectivity index (χ2v) is 6.10. The quantitative estimate of drug-likeness (QED) is 0.747. The molecule has 0 heterocycles. The molecule has 0 saturated carbocycles. The van der Waals surface area contributed by atoms with E-state index in [1.165, 1.54) is 26.1 Å². The maximum absolute atomic E-state index is 11.5. The van der Waals surface area contributed by atoms with Gasteiger partial charge in [-0.05, 0) is 38.1 Å². The number of ether oxygens (including phenoxy) is 1. The van der Waals surface area contributed by atoms with E-state index in [1.54, 1.807) is 12.1 Å². The first-order valence-electron chi connectivity index (χ1n) is 6.02. The number of nitrogens with one attached hydrogen (secondary N) is 1. The van der Waals surface area contributed by atoms with Gasteiger partial charge in [-0.1, -0.05) is 12.1 Å². The molecule has 110 valence electrons. The Morgan fingerprint density at radius 3 is 2.30 bits per heavy atom. The summed E-state index contributed by atoms with van der Waals surface area (Å²) in [6, 6.07) is 6.23. The minimum Gasteiger partial charge on any atom is -0.458 e. The molecular formula is C13H17NO5S. The van der Waals surface area contributed by atoms with Crippen molar-refractivity contribution in [3.05, 3.63) is 29.8 Å². The highest BCUT2D eigenvalue weighted by Crippen LogP contribution is 2.11. The van der Waals surface area contributed by atoms with E-state index < -0.39 is 16.0 Å². The van der Waals surface area contributed by atoms with Crippen molar-refractivity contribution in [2.75, 3.05) is 13.7 Å². The molecule has 1 N–H and O–H groups in total. The number of sulfonamides is 1. The fraction of sp³-hybridized carbons (Fsp3) is 0.385. The Kier molecular flexibility index (Phi) is 5.84. The second kappa shape index (κ2) is 7.16. The van der Waals surface area contributed by atoms with Crippen molar-refractivity contribution < 1.29 is 22.7 Å². The van der Waals surface area contributed by atoms with Crippen LogP contribution < -0.4 is 4.72 Å². The molecule has 20 heavy (non-hydrogen) atoms. The molecule has 0 atom stereocenters. The van der Waals surface area contributed by atoms with Crippen molar-refractivity contribution in [3.63, 3.8) is 0 Å². The lowest BCUT2D eigenvalue weighted by atomic mass is 10.1. The molecule has 7 heteroatoms. The van der Waals surface area contributed by atoms with Crippen LogP contribution in [0, 0.1) is 0 Å². The summed E-state index contributed by atoms with van der Waals surface area (Å²) in [5.41, 5.74) is 0.819. The van der Waals surface area contributed by atoms with Gasteiger partial charge in [0.15, 0.2) is 5.78 Å². The Morgan fingerprint density at radius 2 is 1.80 bits per heavy atom. The number of hydrogen-bond donors (Lipinski definition) is 1. The zero-order valence-corrected chi connectivity index (χ0v) is 12.2. The van der Waals surface area contributed by atoms with Crippen molar-refractivity contribution in [2.45, 2.75) is 24.7 Å². The first-order valence-corrected chi connectivity index (χ1v) is 7.51. The van der Waals surface area contributed by atoms with Crippen LogP contribution in [0.25, 0.3) is 0 Å². The van der Waals surface area contributed by atoms with Crippen molar-refractivity contribution in [1.82, 2.24) is 4.72 Å². The van der Waals surface area contributed by atoms with E-state index in [1.807, 2.05) is 0 Å². The number of carbonyl (C=O) groups is 2. The summed E-state index contributed by atoms with van der Waals surface area (Å²) in [4.78, 5) is 22.1. The smallest absolute Gasteiger partial charge is 0.306 e. The molecule has 0 aliphatic heterocycles. The molecule has 1 aromatic carbocycles. The fourth-order valence-corrected chi connectivity index (χ4v) is 2.18. The van der Waals surface area contributed by atoms with E-state index in [4.69, 9.17) is 4.74 Å². The lowest BCUT2D eigenvalue weighted by Crippen LogP contribution is -2.18. The summed E-state index contributed by atoms with van der Waals surface area (Å²) in [6.07, 6.45) is 0.571. The average molecular weight is 299 g/mol. The first-order chi connectivity index (χ1) is 9.35. The fourth-order valence-electron chi connectivity index (χ4n) is 1.45. The summed E-state index contributed by atoms with van der Waals surface area (Å²) in [5, 5.41) is 0. The highest BCUT2D eigenvalue weighted by Gasteiger charge is 2.11. The van der Waals surface area contributed by atoms with E-state index in [0.29, 0.717) is 6.42 Å². The molecule has 0 saturated heterocycles. The molecule has 0 aliphatic carbocycles. The largest absolute Gasteiger partial charge is 0.458 e. The Balaban J connectivity index is 2.54. The summed E-state index contributed by atoms with van der Waals surface area (Å²) in [6.45, 7) is 1.13. The zero-order chi connectivity index (χ0) is 15.2. The van der Waals surface area contributed by atoms with E-state index in [9.17, 15) is 18.0 Å². The van der Waals surface area contributed by atoms with Crippen LogP contribution in [0.5, 0.6) is 0 Å². The summed E-state index contributed by atoms with van der Waals surface area (Å²) in [5.74, 6) is -0.660. The third-order valence-corrected chi connectivity index (χ3v) is 3.99. The molecule has 1 rings (SSSR count). The standard InChI is InChI=1S/C13H17NO5S/c1-10(15)9-19-13(16)8-5-11-3-6-12(7-4-11)20(17,18)14-2/h3-4,6-7,14H,5,8-9H2,1-2H3. The maximum atomic E-state index is 11.5. The molecule has 6 nitrogen and oxygen atoms in total. The summed E-state index contributed by atoms with van der Waals surface area (Å²) >= 11 is 0. The van der Waals surface area contributed by atoms with Gasteiger partial charge in [-0.25, -0.2) is 13.1 Å². The third kappa shape index (κ3) is 5.10. The van der Waals surface area contributed by atoms with Gasteiger partial charge in [-0.15, -0.1) is 0 Å². The SMILES string of the molecule is CNS(=O)(=O)c1ccc(CCC(=O)OCC(C)=O)cc1. The lowest BCUT2D eigenvalue weighted by Gasteiger charge is -2.05. The first kappa shape index (κ1) is 16.3. The van der Waals surface area contributed by atoms with Crippen molar-refractivity contribution in [3.8, 4) is 0 Å². The number of esters is 1. The molecule has 1 aromatic rings. The van der Waals surface area contributed by atoms with Crippen LogP contribution in [0.3, 0.4) is 0 Å². The van der Waals surface area contributed by atoms with Crippen molar-refractivity contribution in [1.29, 1.82) is 0 Å². The highest BCUT2D eigenvalue weighted by atomic mass is 32.2. The minimum absolute atomic E-state index is 0.144. The monoisotopic (exact) mass is 299 g/mol. The van der Waals surface area contributed by atoms with Gasteiger partial charge in [-0.3, -0.25) is 9.59 Å². The van der Waals surface area contributed by atoms with Crippen LogP contribution >= 0.6 is 0 Å². The van der Waals surface area contributed by atoms with E-state index in [-0.39, 0.29) is 23.7 Å². The highest BCUT2D eigenvalue weighted by molar-refractivity contribution is 7.89. The van der Waals surface area contributed by atoms with Gasteiger partial charge in [0, 0.05) is 6.42 Å². The van der Waals surface area contributed by atoms with Crippen LogP contribution in [0.1, 0.15) is 18.9 Å².